The summed E-state index contributed by atoms with van der Waals surface area (Å²) < 4.78 is 1.83. The summed E-state index contributed by atoms with van der Waals surface area (Å²) in [5, 5.41) is 7.70. The zero-order valence-corrected chi connectivity index (χ0v) is 11.9. The van der Waals surface area contributed by atoms with Gasteiger partial charge in [0.2, 0.25) is 0 Å². The van der Waals surface area contributed by atoms with Gasteiger partial charge < -0.3 is 5.32 Å². The van der Waals surface area contributed by atoms with Crippen LogP contribution >= 0.6 is 11.6 Å². The number of nitrogens with one attached hydrogen (secondary N) is 1. The summed E-state index contributed by atoms with van der Waals surface area (Å²) in [5.41, 5.74) is 4.17. The molecule has 0 amide bonds. The van der Waals surface area contributed by atoms with Gasteiger partial charge in [-0.05, 0) is 37.1 Å². The molecule has 0 aliphatic heterocycles. The second-order valence-electron chi connectivity index (χ2n) is 4.65. The average molecular weight is 287 g/mol. The highest BCUT2D eigenvalue weighted by Crippen LogP contribution is 2.20. The van der Waals surface area contributed by atoms with Gasteiger partial charge in [-0.15, -0.1) is 11.6 Å². The molecule has 20 heavy (non-hydrogen) atoms. The molecule has 1 aromatic carbocycles. The SMILES string of the molecule is Cc1cc2c(Nc3ccc(CCCl)cc3)nccn2n1. The number of alkyl halides is 1. The lowest BCUT2D eigenvalue weighted by atomic mass is 10.1. The van der Waals surface area contributed by atoms with Crippen molar-refractivity contribution in [2.24, 2.45) is 0 Å². The number of hydrogen-bond acceptors (Lipinski definition) is 3. The van der Waals surface area contributed by atoms with E-state index in [1.165, 1.54) is 5.56 Å². The molecule has 3 rings (SSSR count). The van der Waals surface area contributed by atoms with Crippen LogP contribution in [0.5, 0.6) is 0 Å². The number of anilines is 2. The molecule has 0 unspecified atom stereocenters. The van der Waals surface area contributed by atoms with E-state index in [2.05, 4.69) is 27.5 Å². The van der Waals surface area contributed by atoms with E-state index in [1.54, 1.807) is 6.20 Å². The van der Waals surface area contributed by atoms with Crippen molar-refractivity contribution >= 4 is 28.6 Å². The summed E-state index contributed by atoms with van der Waals surface area (Å²) in [6.07, 6.45) is 4.47. The highest BCUT2D eigenvalue weighted by Gasteiger charge is 2.05. The zero-order valence-electron chi connectivity index (χ0n) is 11.2. The van der Waals surface area contributed by atoms with Crippen molar-refractivity contribution in [1.29, 1.82) is 0 Å². The molecule has 2 aromatic heterocycles. The Balaban J connectivity index is 1.88. The molecule has 2 heterocycles. The lowest BCUT2D eigenvalue weighted by Crippen LogP contribution is -1.98. The number of aromatic nitrogens is 3. The number of benzene rings is 1. The minimum Gasteiger partial charge on any atom is -0.338 e. The van der Waals surface area contributed by atoms with Crippen LogP contribution in [0.1, 0.15) is 11.3 Å². The lowest BCUT2D eigenvalue weighted by Gasteiger charge is -2.07. The molecular formula is C15H15ClN4. The van der Waals surface area contributed by atoms with Gasteiger partial charge in [0.25, 0.3) is 0 Å². The Labute approximate surface area is 122 Å². The number of nitrogens with zero attached hydrogens (tertiary/aromatic N) is 3. The van der Waals surface area contributed by atoms with Crippen LogP contribution in [0.25, 0.3) is 5.52 Å². The van der Waals surface area contributed by atoms with Gasteiger partial charge in [0.05, 0.1) is 5.69 Å². The predicted molar refractivity (Wildman–Crippen MR) is 81.9 cm³/mol. The summed E-state index contributed by atoms with van der Waals surface area (Å²) in [6, 6.07) is 10.2. The maximum atomic E-state index is 5.74. The van der Waals surface area contributed by atoms with Crippen LogP contribution in [0.2, 0.25) is 0 Å². The first-order valence-corrected chi connectivity index (χ1v) is 7.02. The van der Waals surface area contributed by atoms with E-state index in [4.69, 9.17) is 11.6 Å². The van der Waals surface area contributed by atoms with E-state index in [0.29, 0.717) is 5.88 Å². The first kappa shape index (κ1) is 12.9. The van der Waals surface area contributed by atoms with Crippen molar-refractivity contribution in [2.45, 2.75) is 13.3 Å². The molecule has 0 bridgehead atoms. The molecule has 0 spiro atoms. The van der Waals surface area contributed by atoms with Gasteiger partial charge >= 0.3 is 0 Å². The number of halogens is 1. The number of fused-ring (bicyclic) bond motifs is 1. The Morgan fingerprint density at radius 3 is 2.80 bits per heavy atom. The normalized spacial score (nSPS) is 10.9. The summed E-state index contributed by atoms with van der Waals surface area (Å²) in [5.74, 6) is 1.45. The van der Waals surface area contributed by atoms with Gasteiger partial charge in [-0.1, -0.05) is 12.1 Å². The molecule has 5 heteroatoms. The molecule has 0 saturated carbocycles. The Bertz CT molecular complexity index is 718. The molecule has 1 N–H and O–H groups in total. The van der Waals surface area contributed by atoms with Crippen LogP contribution in [-0.4, -0.2) is 20.5 Å². The van der Waals surface area contributed by atoms with Crippen LogP contribution in [-0.2, 0) is 6.42 Å². The van der Waals surface area contributed by atoms with Gasteiger partial charge in [0.1, 0.15) is 5.52 Å². The Morgan fingerprint density at radius 2 is 2.05 bits per heavy atom. The van der Waals surface area contributed by atoms with Crippen LogP contribution in [0.4, 0.5) is 11.5 Å². The van der Waals surface area contributed by atoms with Crippen molar-refractivity contribution in [3.63, 3.8) is 0 Å². The van der Waals surface area contributed by atoms with Crippen molar-refractivity contribution in [3.8, 4) is 0 Å². The monoisotopic (exact) mass is 286 g/mol. The van der Waals surface area contributed by atoms with E-state index in [9.17, 15) is 0 Å². The van der Waals surface area contributed by atoms with Crippen LogP contribution in [0.15, 0.2) is 42.7 Å². The summed E-state index contributed by atoms with van der Waals surface area (Å²) in [6.45, 7) is 1.97. The molecule has 0 aliphatic rings. The average Bonchev–Trinajstić information content (AvgIpc) is 2.83. The summed E-state index contributed by atoms with van der Waals surface area (Å²) in [4.78, 5) is 4.38. The summed E-state index contributed by atoms with van der Waals surface area (Å²) >= 11 is 5.74. The Morgan fingerprint density at radius 1 is 1.25 bits per heavy atom. The van der Waals surface area contributed by atoms with Crippen molar-refractivity contribution < 1.29 is 0 Å². The third kappa shape index (κ3) is 2.60. The molecule has 0 aliphatic carbocycles. The highest BCUT2D eigenvalue weighted by molar-refractivity contribution is 6.17. The zero-order chi connectivity index (χ0) is 13.9. The quantitative estimate of drug-likeness (QED) is 0.746. The van der Waals surface area contributed by atoms with Gasteiger partial charge in [0.15, 0.2) is 5.82 Å². The van der Waals surface area contributed by atoms with Crippen molar-refractivity contribution in [3.05, 3.63) is 54.0 Å². The Kier molecular flexibility index (Phi) is 3.56. The smallest absolute Gasteiger partial charge is 0.156 e. The molecular weight excluding hydrogens is 272 g/mol. The standard InChI is InChI=1S/C15H15ClN4/c1-11-10-14-15(17-8-9-20(14)19-11)18-13-4-2-12(3-5-13)6-7-16/h2-5,8-10H,6-7H2,1H3,(H,17,18). The van der Waals surface area contributed by atoms with E-state index in [1.807, 2.05) is 35.8 Å². The molecule has 4 nitrogen and oxygen atoms in total. The van der Waals surface area contributed by atoms with Crippen LogP contribution < -0.4 is 5.32 Å². The first-order valence-electron chi connectivity index (χ1n) is 6.49. The minimum absolute atomic E-state index is 0.642. The van der Waals surface area contributed by atoms with E-state index < -0.39 is 0 Å². The lowest BCUT2D eigenvalue weighted by molar-refractivity contribution is 0.924. The second kappa shape index (κ2) is 5.51. The fourth-order valence-corrected chi connectivity index (χ4v) is 2.36. The Hall–Kier alpha value is -2.07. The molecule has 102 valence electrons. The fraction of sp³-hybridized carbons (Fsp3) is 0.200. The molecule has 0 saturated heterocycles. The van der Waals surface area contributed by atoms with Crippen molar-refractivity contribution in [2.75, 3.05) is 11.2 Å². The molecule has 0 fully saturated rings. The van der Waals surface area contributed by atoms with Gasteiger partial charge in [0, 0.05) is 24.0 Å². The summed E-state index contributed by atoms with van der Waals surface area (Å²) in [7, 11) is 0. The second-order valence-corrected chi connectivity index (χ2v) is 5.03. The van der Waals surface area contributed by atoms with Crippen molar-refractivity contribution in [1.82, 2.24) is 14.6 Å². The third-order valence-electron chi connectivity index (χ3n) is 3.11. The first-order chi connectivity index (χ1) is 9.76. The number of aryl methyl sites for hydroxylation is 2. The topological polar surface area (TPSA) is 42.2 Å². The maximum Gasteiger partial charge on any atom is 0.156 e. The molecule has 0 radical (unpaired) electrons. The van der Waals surface area contributed by atoms with E-state index in [-0.39, 0.29) is 0 Å². The minimum atomic E-state index is 0.642. The maximum absolute atomic E-state index is 5.74. The van der Waals surface area contributed by atoms with Crippen LogP contribution in [0, 0.1) is 6.92 Å². The van der Waals surface area contributed by atoms with Gasteiger partial charge in [-0.3, -0.25) is 0 Å². The fourth-order valence-electron chi connectivity index (χ4n) is 2.14. The van der Waals surface area contributed by atoms with E-state index >= 15 is 0 Å². The van der Waals surface area contributed by atoms with Gasteiger partial charge in [-0.25, -0.2) is 9.50 Å². The molecule has 0 atom stereocenters. The third-order valence-corrected chi connectivity index (χ3v) is 3.30. The molecule has 3 aromatic rings. The van der Waals surface area contributed by atoms with E-state index in [0.717, 1.165) is 29.1 Å². The number of rotatable bonds is 4. The predicted octanol–water partition coefficient (Wildman–Crippen LogP) is 3.56. The van der Waals surface area contributed by atoms with Gasteiger partial charge in [-0.2, -0.15) is 5.10 Å². The van der Waals surface area contributed by atoms with Crippen LogP contribution in [0.3, 0.4) is 0 Å². The number of hydrogen-bond donors (Lipinski definition) is 1. The highest BCUT2D eigenvalue weighted by atomic mass is 35.5. The largest absolute Gasteiger partial charge is 0.338 e.